The van der Waals surface area contributed by atoms with Crippen LogP contribution in [-0.2, 0) is 16.3 Å². The van der Waals surface area contributed by atoms with Crippen LogP contribution in [0.15, 0.2) is 77.0 Å². The van der Waals surface area contributed by atoms with Crippen LogP contribution >= 0.6 is 11.6 Å². The Kier molecular flexibility index (Phi) is 10.9. The Morgan fingerprint density at radius 2 is 1.78 bits per heavy atom. The first-order chi connectivity index (χ1) is 28.7. The zero-order chi connectivity index (χ0) is 41.9. The van der Waals surface area contributed by atoms with Gasteiger partial charge in [-0.2, -0.15) is 0 Å². The number of pyridine rings is 1. The van der Waals surface area contributed by atoms with Gasteiger partial charge < -0.3 is 14.6 Å². The van der Waals surface area contributed by atoms with Gasteiger partial charge in [-0.1, -0.05) is 63.2 Å². The predicted octanol–water partition coefficient (Wildman–Crippen LogP) is 10.2. The molecule has 1 N–H and O–H groups in total. The van der Waals surface area contributed by atoms with Crippen LogP contribution in [0.2, 0.25) is 0 Å². The van der Waals surface area contributed by atoms with Crippen LogP contribution in [0.5, 0.6) is 11.5 Å². The van der Waals surface area contributed by atoms with Crippen molar-refractivity contribution in [1.29, 1.82) is 0 Å². The highest BCUT2D eigenvalue weighted by molar-refractivity contribution is 7.92. The summed E-state index contributed by atoms with van der Waals surface area (Å²) in [6.07, 6.45) is 17.5. The fourth-order valence-electron chi connectivity index (χ4n) is 10.9. The monoisotopic (exact) mass is 853 g/mol. The third kappa shape index (κ3) is 8.36. The molecule has 2 aromatic heterocycles. The average molecular weight is 855 g/mol. The molecule has 0 unspecified atom stereocenters. The number of ketones is 1. The van der Waals surface area contributed by atoms with E-state index in [1.165, 1.54) is 38.2 Å². The summed E-state index contributed by atoms with van der Waals surface area (Å²) in [5, 5.41) is 13.0. The molecular weight excluding hydrogens is 798 g/mol. The van der Waals surface area contributed by atoms with Gasteiger partial charge in [0.25, 0.3) is 5.69 Å². The molecule has 0 atom stereocenters. The smallest absolute Gasteiger partial charge is 0.273 e. The third-order valence-corrected chi connectivity index (χ3v) is 16.3. The molecule has 4 saturated carbocycles. The Hall–Kier alpha value is -4.26. The molecule has 5 fully saturated rings. The van der Waals surface area contributed by atoms with Crippen molar-refractivity contribution in [3.05, 3.63) is 93.3 Å². The molecule has 3 heterocycles. The zero-order valence-corrected chi connectivity index (χ0v) is 36.4. The van der Waals surface area contributed by atoms with Crippen molar-refractivity contribution >= 4 is 49.6 Å². The lowest BCUT2D eigenvalue weighted by Crippen LogP contribution is -2.65. The number of alkyl halides is 1. The lowest BCUT2D eigenvalue weighted by molar-refractivity contribution is -0.385. The number of aromatic nitrogens is 2. The SMILES string of the molecule is CC1(C)CCC(CN2CCN(c3ccc(C(=O)CS(=O)(=O)c4ccc(CCC5CCCCC5)c([N+](=O)[O-])c4)c(Oc4cnc5[nH]ccc5c4)c3)CC2)=C(C23CC(Cl)(C2)C3)C1. The van der Waals surface area contributed by atoms with Gasteiger partial charge in [-0.15, -0.1) is 11.6 Å². The maximum atomic E-state index is 14.0. The number of carbonyl (C=O) groups is 1. The fourth-order valence-corrected chi connectivity index (χ4v) is 12.9. The first-order valence-electron chi connectivity index (χ1n) is 21.8. The number of H-pyrrole nitrogens is 1. The van der Waals surface area contributed by atoms with Gasteiger partial charge in [0, 0.05) is 72.6 Å². The number of nitro groups is 1. The summed E-state index contributed by atoms with van der Waals surface area (Å²) in [6.45, 7) is 9.16. The summed E-state index contributed by atoms with van der Waals surface area (Å²) in [5.74, 6) is -0.364. The number of anilines is 1. The van der Waals surface area contributed by atoms with E-state index >= 15 is 0 Å². The molecule has 13 heteroatoms. The molecule has 1 saturated heterocycles. The van der Waals surface area contributed by atoms with Crippen LogP contribution in [0.1, 0.15) is 107 Å². The van der Waals surface area contributed by atoms with Crippen LogP contribution in [0, 0.1) is 26.9 Å². The molecule has 318 valence electrons. The minimum absolute atomic E-state index is 0.0520. The number of aromatic amines is 1. The molecule has 0 radical (unpaired) electrons. The van der Waals surface area contributed by atoms with Gasteiger partial charge in [0.2, 0.25) is 0 Å². The Labute approximate surface area is 358 Å². The maximum absolute atomic E-state index is 14.0. The van der Waals surface area contributed by atoms with E-state index in [4.69, 9.17) is 16.3 Å². The van der Waals surface area contributed by atoms with Gasteiger partial charge in [-0.3, -0.25) is 19.8 Å². The Balaban J connectivity index is 0.922. The number of rotatable bonds is 14. The number of allylic oxidation sites excluding steroid dienone is 1. The zero-order valence-electron chi connectivity index (χ0n) is 34.8. The van der Waals surface area contributed by atoms with E-state index in [1.807, 2.05) is 24.3 Å². The highest BCUT2D eigenvalue weighted by atomic mass is 35.5. The molecule has 11 nitrogen and oxygen atoms in total. The topological polar surface area (TPSA) is 139 Å². The Bertz CT molecular complexity index is 2440. The van der Waals surface area contributed by atoms with Gasteiger partial charge in [0.1, 0.15) is 22.9 Å². The molecule has 60 heavy (non-hydrogen) atoms. The van der Waals surface area contributed by atoms with E-state index in [2.05, 4.69) is 33.6 Å². The van der Waals surface area contributed by atoms with Crippen molar-refractivity contribution in [1.82, 2.24) is 14.9 Å². The summed E-state index contributed by atoms with van der Waals surface area (Å²) in [7, 11) is -4.25. The molecular formula is C47H56ClN5O6S. The van der Waals surface area contributed by atoms with E-state index in [1.54, 1.807) is 35.7 Å². The number of nitro benzene ring substituents is 1. The molecule has 2 bridgehead atoms. The quantitative estimate of drug-likeness (QED) is 0.0432. The summed E-state index contributed by atoms with van der Waals surface area (Å²) in [6, 6.07) is 13.1. The van der Waals surface area contributed by atoms with Gasteiger partial charge in [0.05, 0.1) is 21.6 Å². The van der Waals surface area contributed by atoms with E-state index in [0.29, 0.717) is 40.1 Å². The number of sulfone groups is 1. The fraction of sp³-hybridized carbons (Fsp3) is 0.532. The van der Waals surface area contributed by atoms with Gasteiger partial charge in [-0.05, 0) is 98.4 Å². The van der Waals surface area contributed by atoms with Gasteiger partial charge >= 0.3 is 0 Å². The van der Waals surface area contributed by atoms with Crippen LogP contribution in [-0.4, -0.2) is 77.3 Å². The minimum Gasteiger partial charge on any atom is -0.455 e. The van der Waals surface area contributed by atoms with Crippen LogP contribution < -0.4 is 9.64 Å². The van der Waals surface area contributed by atoms with Crippen molar-refractivity contribution in [3.63, 3.8) is 0 Å². The summed E-state index contributed by atoms with van der Waals surface area (Å²) < 4.78 is 34.0. The number of hydrogen-bond donors (Lipinski definition) is 1. The summed E-state index contributed by atoms with van der Waals surface area (Å²) >= 11 is 6.75. The molecule has 5 aliphatic carbocycles. The maximum Gasteiger partial charge on any atom is 0.273 e. The van der Waals surface area contributed by atoms with Crippen molar-refractivity contribution in [2.75, 3.05) is 43.4 Å². The lowest BCUT2D eigenvalue weighted by Gasteiger charge is -2.70. The Morgan fingerprint density at radius 1 is 1.02 bits per heavy atom. The molecule has 0 amide bonds. The van der Waals surface area contributed by atoms with E-state index in [-0.39, 0.29) is 26.8 Å². The first-order valence-corrected chi connectivity index (χ1v) is 23.9. The summed E-state index contributed by atoms with van der Waals surface area (Å²) in [5.41, 5.74) is 5.96. The highest BCUT2D eigenvalue weighted by Crippen LogP contribution is 2.75. The number of nitrogens with one attached hydrogen (secondary N) is 1. The van der Waals surface area contributed by atoms with Gasteiger partial charge in [-0.25, -0.2) is 13.4 Å². The minimum atomic E-state index is -4.25. The van der Waals surface area contributed by atoms with E-state index in [9.17, 15) is 23.3 Å². The number of carbonyl (C=O) groups excluding carboxylic acids is 1. The van der Waals surface area contributed by atoms with Crippen molar-refractivity contribution in [2.45, 2.75) is 107 Å². The largest absolute Gasteiger partial charge is 0.455 e. The van der Waals surface area contributed by atoms with Crippen LogP contribution in [0.25, 0.3) is 11.0 Å². The number of halogens is 1. The van der Waals surface area contributed by atoms with E-state index < -0.39 is 26.3 Å². The lowest BCUT2D eigenvalue weighted by atomic mass is 9.39. The Morgan fingerprint density at radius 3 is 2.52 bits per heavy atom. The van der Waals surface area contributed by atoms with Gasteiger partial charge in [0.15, 0.2) is 15.6 Å². The number of ether oxygens (including phenoxy) is 1. The van der Waals surface area contributed by atoms with E-state index in [0.717, 1.165) is 94.8 Å². The van der Waals surface area contributed by atoms with Crippen LogP contribution in [0.3, 0.4) is 0 Å². The predicted molar refractivity (Wildman–Crippen MR) is 235 cm³/mol. The first kappa shape index (κ1) is 41.1. The average Bonchev–Trinajstić information content (AvgIpc) is 3.68. The number of fused-ring (bicyclic) bond motifs is 1. The molecule has 10 rings (SSSR count). The number of nitrogens with zero attached hydrogens (tertiary/aromatic N) is 4. The second-order valence-corrected chi connectivity index (χ2v) is 22.1. The van der Waals surface area contributed by atoms with Crippen molar-refractivity contribution < 1.29 is 22.9 Å². The summed E-state index contributed by atoms with van der Waals surface area (Å²) in [4.78, 5) is 37.9. The number of benzene rings is 2. The molecule has 1 aliphatic heterocycles. The standard InChI is InChI=1S/C47H56ClN5O6S/c1-45(2)16-14-35(40(25-45)46-29-47(48,30-46)31-46)27-51-18-20-52(21-19-51)36-11-13-39(43(23-36)59-37-22-34-15-17-49-44(34)50-26-37)42(54)28-60(57,58)38-12-10-33(41(24-38)53(55)56)9-8-32-6-4-3-5-7-32/h10-13,15,17,22-24,26,32H,3-9,14,16,18-21,25,27-31H2,1-2H3,(H,49,50). The second kappa shape index (κ2) is 15.9. The third-order valence-electron chi connectivity index (χ3n) is 14.3. The molecule has 0 spiro atoms. The van der Waals surface area contributed by atoms with Crippen molar-refractivity contribution in [3.8, 4) is 11.5 Å². The number of Topliss-reactive ketones (excluding diaryl/α,β-unsaturated/α-hetero) is 1. The number of hydrogen-bond acceptors (Lipinski definition) is 9. The normalized spacial score (nSPS) is 24.6. The number of piperazine rings is 1. The highest BCUT2D eigenvalue weighted by Gasteiger charge is 2.69. The molecule has 2 aromatic carbocycles. The molecule has 4 aromatic rings. The second-order valence-electron chi connectivity index (χ2n) is 19.3. The number of aryl methyl sites for hydroxylation is 1. The van der Waals surface area contributed by atoms with Crippen LogP contribution in [0.4, 0.5) is 11.4 Å². The molecule has 6 aliphatic rings. The van der Waals surface area contributed by atoms with Crippen molar-refractivity contribution in [2.24, 2.45) is 16.7 Å².